The Kier molecular flexibility index (Phi) is 4.65. The van der Waals surface area contributed by atoms with E-state index in [0.717, 1.165) is 33.4 Å². The number of nitrogens with zero attached hydrogens (tertiary/aromatic N) is 1. The van der Waals surface area contributed by atoms with Crippen molar-refractivity contribution < 1.29 is 14.3 Å². The molecular weight excluding hydrogens is 386 g/mol. The molecule has 0 aromatic heterocycles. The lowest BCUT2D eigenvalue weighted by Crippen LogP contribution is -2.30. The molecule has 4 nitrogen and oxygen atoms in total. The Balaban J connectivity index is 1.65. The normalized spacial score (nSPS) is 16.9. The fraction of sp³-hybridized carbons (Fsp3) is 0.111. The number of fused-ring (bicyclic) bond motifs is 3. The largest absolute Gasteiger partial charge is 0.497 e. The van der Waals surface area contributed by atoms with Crippen LogP contribution >= 0.6 is 0 Å². The molecule has 150 valence electrons. The summed E-state index contributed by atoms with van der Waals surface area (Å²) < 4.78 is 11.6. The monoisotopic (exact) mass is 405 g/mol. The van der Waals surface area contributed by atoms with Crippen LogP contribution in [0.5, 0.6) is 11.5 Å². The second-order valence-corrected chi connectivity index (χ2v) is 7.54. The van der Waals surface area contributed by atoms with Crippen LogP contribution in [-0.4, -0.2) is 19.0 Å². The Morgan fingerprint density at radius 3 is 2.39 bits per heavy atom. The number of Topliss-reactive ketones (excluding diaryl/α,β-unsaturated/α-hetero) is 1. The van der Waals surface area contributed by atoms with Crippen molar-refractivity contribution in [2.24, 2.45) is 0 Å². The molecule has 4 aromatic rings. The summed E-state index contributed by atoms with van der Waals surface area (Å²) in [6.07, 6.45) is -0.692. The van der Waals surface area contributed by atoms with Gasteiger partial charge in [-0.1, -0.05) is 42.5 Å². The molecule has 4 aromatic carbocycles. The third-order valence-electron chi connectivity index (χ3n) is 5.83. The summed E-state index contributed by atoms with van der Waals surface area (Å²) in [5.41, 5.74) is 3.06. The number of methoxy groups -OCH3 is 1. The van der Waals surface area contributed by atoms with Crippen molar-refractivity contribution in [2.75, 3.05) is 7.11 Å². The minimum atomic E-state index is -0.692. The zero-order valence-electron chi connectivity index (χ0n) is 16.9. The molecule has 1 aliphatic rings. The van der Waals surface area contributed by atoms with Crippen molar-refractivity contribution >= 4 is 16.6 Å². The van der Waals surface area contributed by atoms with Gasteiger partial charge in [-0.25, -0.2) is 0 Å². The van der Waals surface area contributed by atoms with Gasteiger partial charge in [0, 0.05) is 11.1 Å². The van der Waals surface area contributed by atoms with Crippen LogP contribution in [-0.2, 0) is 0 Å². The molecule has 5 rings (SSSR count). The van der Waals surface area contributed by atoms with Crippen LogP contribution in [0.15, 0.2) is 84.9 Å². The summed E-state index contributed by atoms with van der Waals surface area (Å²) >= 11 is 0. The average Bonchev–Trinajstić information content (AvgIpc) is 3.24. The maximum Gasteiger partial charge on any atom is 0.204 e. The molecule has 1 heterocycles. The first-order valence-electron chi connectivity index (χ1n) is 10.1. The Labute approximate surface area is 180 Å². The van der Waals surface area contributed by atoms with Crippen molar-refractivity contribution in [3.05, 3.63) is 107 Å². The standard InChI is InChI=1S/C27H19NO3/c1-30-21-13-10-19(11-14-21)24-25-22-5-3-2-4-18(22)12-15-23(25)31-27(24)26(29)20-8-6-17(16-28)7-9-20/h2-15,24,27H,1H3/t24-,27-/m1/s1. The number of ether oxygens (including phenoxy) is 2. The number of carbonyl (C=O) groups excluding carboxylic acids is 1. The number of benzene rings is 4. The third kappa shape index (κ3) is 3.21. The number of carbonyl (C=O) groups is 1. The summed E-state index contributed by atoms with van der Waals surface area (Å²) in [7, 11) is 1.63. The topological polar surface area (TPSA) is 59.3 Å². The summed E-state index contributed by atoms with van der Waals surface area (Å²) in [6, 6.07) is 28.7. The van der Waals surface area contributed by atoms with E-state index in [1.165, 1.54) is 0 Å². The molecule has 0 bridgehead atoms. The lowest BCUT2D eigenvalue weighted by atomic mass is 9.83. The number of hydrogen-bond acceptors (Lipinski definition) is 4. The highest BCUT2D eigenvalue weighted by atomic mass is 16.5. The lowest BCUT2D eigenvalue weighted by molar-refractivity contribution is 0.0807. The Bertz CT molecular complexity index is 1320. The lowest BCUT2D eigenvalue weighted by Gasteiger charge is -2.19. The van der Waals surface area contributed by atoms with Gasteiger partial charge in [-0.15, -0.1) is 0 Å². The van der Waals surface area contributed by atoms with Gasteiger partial charge in [0.05, 0.1) is 24.7 Å². The highest BCUT2D eigenvalue weighted by Crippen LogP contribution is 2.47. The Hall–Kier alpha value is -4.10. The van der Waals surface area contributed by atoms with Gasteiger partial charge >= 0.3 is 0 Å². The smallest absolute Gasteiger partial charge is 0.204 e. The quantitative estimate of drug-likeness (QED) is 0.421. The molecule has 2 atom stereocenters. The van der Waals surface area contributed by atoms with Gasteiger partial charge in [-0.2, -0.15) is 5.26 Å². The molecule has 4 heteroatoms. The van der Waals surface area contributed by atoms with E-state index in [1.807, 2.05) is 48.5 Å². The van der Waals surface area contributed by atoms with Crippen molar-refractivity contribution in [1.82, 2.24) is 0 Å². The summed E-state index contributed by atoms with van der Waals surface area (Å²) in [5, 5.41) is 11.2. The van der Waals surface area contributed by atoms with E-state index in [9.17, 15) is 4.79 Å². The van der Waals surface area contributed by atoms with E-state index in [0.29, 0.717) is 11.1 Å². The SMILES string of the molecule is COc1ccc([C@@H]2c3c(ccc4ccccc34)O[C@H]2C(=O)c2ccc(C#N)cc2)cc1. The second kappa shape index (κ2) is 7.62. The van der Waals surface area contributed by atoms with Gasteiger partial charge in [-0.05, 0) is 58.8 Å². The van der Waals surface area contributed by atoms with Gasteiger partial charge < -0.3 is 9.47 Å². The minimum Gasteiger partial charge on any atom is -0.497 e. The highest BCUT2D eigenvalue weighted by Gasteiger charge is 2.41. The molecule has 0 saturated carbocycles. The predicted octanol–water partition coefficient (Wildman–Crippen LogP) is 5.50. The van der Waals surface area contributed by atoms with Crippen LogP contribution < -0.4 is 9.47 Å². The zero-order valence-corrected chi connectivity index (χ0v) is 16.9. The number of hydrogen-bond donors (Lipinski definition) is 0. The summed E-state index contributed by atoms with van der Waals surface area (Å²) in [6.45, 7) is 0. The first kappa shape index (κ1) is 18.9. The molecule has 0 saturated heterocycles. The first-order chi connectivity index (χ1) is 15.2. The third-order valence-corrected chi connectivity index (χ3v) is 5.83. The molecule has 0 amide bonds. The van der Waals surface area contributed by atoms with Crippen molar-refractivity contribution in [3.8, 4) is 17.6 Å². The molecule has 0 unspecified atom stereocenters. The fourth-order valence-electron chi connectivity index (χ4n) is 4.29. The molecule has 0 radical (unpaired) electrons. The van der Waals surface area contributed by atoms with Gasteiger partial charge in [-0.3, -0.25) is 4.79 Å². The van der Waals surface area contributed by atoms with Crippen LogP contribution in [0.3, 0.4) is 0 Å². The molecule has 0 N–H and O–H groups in total. The molecule has 0 spiro atoms. The summed E-state index contributed by atoms with van der Waals surface area (Å²) in [4.78, 5) is 13.5. The van der Waals surface area contributed by atoms with E-state index in [4.69, 9.17) is 14.7 Å². The maximum absolute atomic E-state index is 13.5. The van der Waals surface area contributed by atoms with Crippen molar-refractivity contribution in [2.45, 2.75) is 12.0 Å². The maximum atomic E-state index is 13.5. The molecule has 1 aliphatic heterocycles. The van der Waals surface area contributed by atoms with Gasteiger partial charge in [0.15, 0.2) is 6.10 Å². The number of rotatable bonds is 4. The van der Waals surface area contributed by atoms with E-state index < -0.39 is 6.10 Å². The molecule has 0 fully saturated rings. The second-order valence-electron chi connectivity index (χ2n) is 7.54. The van der Waals surface area contributed by atoms with Crippen molar-refractivity contribution in [1.29, 1.82) is 5.26 Å². The summed E-state index contributed by atoms with van der Waals surface area (Å²) in [5.74, 6) is 1.13. The van der Waals surface area contributed by atoms with E-state index in [1.54, 1.807) is 31.4 Å². The predicted molar refractivity (Wildman–Crippen MR) is 119 cm³/mol. The average molecular weight is 405 g/mol. The Morgan fingerprint density at radius 2 is 1.68 bits per heavy atom. The van der Waals surface area contributed by atoms with Crippen LogP contribution in [0.2, 0.25) is 0 Å². The molecular formula is C27H19NO3. The Morgan fingerprint density at radius 1 is 0.935 bits per heavy atom. The van der Waals surface area contributed by atoms with Gasteiger partial charge in [0.1, 0.15) is 11.5 Å². The van der Waals surface area contributed by atoms with Crippen LogP contribution in [0, 0.1) is 11.3 Å². The molecule has 0 aliphatic carbocycles. The van der Waals surface area contributed by atoms with E-state index in [-0.39, 0.29) is 11.7 Å². The van der Waals surface area contributed by atoms with Crippen LogP contribution in [0.25, 0.3) is 10.8 Å². The van der Waals surface area contributed by atoms with E-state index >= 15 is 0 Å². The van der Waals surface area contributed by atoms with Gasteiger partial charge in [0.25, 0.3) is 0 Å². The van der Waals surface area contributed by atoms with Crippen LogP contribution in [0.4, 0.5) is 0 Å². The van der Waals surface area contributed by atoms with E-state index in [2.05, 4.69) is 18.2 Å². The first-order valence-corrected chi connectivity index (χ1v) is 10.1. The van der Waals surface area contributed by atoms with Crippen LogP contribution in [0.1, 0.15) is 33.0 Å². The fourth-order valence-corrected chi connectivity index (χ4v) is 4.29. The highest BCUT2D eigenvalue weighted by molar-refractivity contribution is 6.02. The zero-order chi connectivity index (χ0) is 21.4. The number of nitriles is 1. The number of ketones is 1. The van der Waals surface area contributed by atoms with Gasteiger partial charge in [0.2, 0.25) is 5.78 Å². The van der Waals surface area contributed by atoms with Crippen molar-refractivity contribution in [3.63, 3.8) is 0 Å². The molecule has 31 heavy (non-hydrogen) atoms. The minimum absolute atomic E-state index is 0.106.